The van der Waals surface area contributed by atoms with E-state index in [0.29, 0.717) is 11.8 Å². The normalized spacial score (nSPS) is 26.4. The van der Waals surface area contributed by atoms with Crippen LogP contribution in [-0.2, 0) is 9.59 Å². The summed E-state index contributed by atoms with van der Waals surface area (Å²) in [6.45, 7) is 8.15. The molecule has 4 nitrogen and oxygen atoms in total. The molecule has 1 aromatic carbocycles. The number of amides is 2. The minimum Gasteiger partial charge on any atom is -0.342 e. The number of aryl methyl sites for hydroxylation is 1. The van der Waals surface area contributed by atoms with E-state index >= 15 is 0 Å². The Hall–Kier alpha value is -1.84. The largest absolute Gasteiger partial charge is 0.342 e. The van der Waals surface area contributed by atoms with Crippen LogP contribution in [-0.4, -0.2) is 29.8 Å². The number of likely N-dealkylation sites (tertiary alicyclic amines) is 1. The molecule has 2 aliphatic rings. The van der Waals surface area contributed by atoms with Crippen LogP contribution in [0.3, 0.4) is 0 Å². The maximum Gasteiger partial charge on any atom is 0.227 e. The lowest BCUT2D eigenvalue weighted by atomic mass is 9.80. The van der Waals surface area contributed by atoms with Gasteiger partial charge in [0.05, 0.1) is 0 Å². The van der Waals surface area contributed by atoms with Crippen LogP contribution in [0, 0.1) is 31.6 Å². The summed E-state index contributed by atoms with van der Waals surface area (Å²) in [5.41, 5.74) is 3.23. The van der Waals surface area contributed by atoms with E-state index in [1.807, 2.05) is 19.1 Å². The summed E-state index contributed by atoms with van der Waals surface area (Å²) in [6.07, 6.45) is 5.67. The van der Waals surface area contributed by atoms with Gasteiger partial charge >= 0.3 is 0 Å². The molecule has 1 aliphatic heterocycles. The van der Waals surface area contributed by atoms with Crippen LogP contribution in [0.25, 0.3) is 0 Å². The number of carbonyl (C=O) groups excluding carboxylic acids is 2. The van der Waals surface area contributed by atoms with Crippen LogP contribution in [0.2, 0.25) is 0 Å². The Morgan fingerprint density at radius 2 is 1.73 bits per heavy atom. The van der Waals surface area contributed by atoms with E-state index in [1.54, 1.807) is 0 Å². The number of hydrogen-bond acceptors (Lipinski definition) is 2. The molecule has 142 valence electrons. The van der Waals surface area contributed by atoms with Gasteiger partial charge in [-0.25, -0.2) is 0 Å². The molecule has 1 aromatic rings. The Morgan fingerprint density at radius 3 is 2.42 bits per heavy atom. The van der Waals surface area contributed by atoms with Gasteiger partial charge in [0.25, 0.3) is 0 Å². The summed E-state index contributed by atoms with van der Waals surface area (Å²) < 4.78 is 0. The predicted molar refractivity (Wildman–Crippen MR) is 105 cm³/mol. The maximum absolute atomic E-state index is 12.8. The topological polar surface area (TPSA) is 49.4 Å². The van der Waals surface area contributed by atoms with E-state index < -0.39 is 0 Å². The van der Waals surface area contributed by atoms with Crippen molar-refractivity contribution in [3.8, 4) is 0 Å². The van der Waals surface area contributed by atoms with Gasteiger partial charge in [-0.3, -0.25) is 9.59 Å². The zero-order valence-corrected chi connectivity index (χ0v) is 16.4. The Kier molecular flexibility index (Phi) is 6.00. The second-order valence-corrected chi connectivity index (χ2v) is 8.32. The molecule has 0 aromatic heterocycles. The molecule has 3 rings (SSSR count). The third kappa shape index (κ3) is 4.28. The Morgan fingerprint density at radius 1 is 1.04 bits per heavy atom. The number of piperidine rings is 1. The summed E-state index contributed by atoms with van der Waals surface area (Å²) in [6, 6.07) is 6.00. The van der Waals surface area contributed by atoms with E-state index in [2.05, 4.69) is 30.1 Å². The maximum atomic E-state index is 12.8. The molecule has 1 saturated carbocycles. The zero-order valence-electron chi connectivity index (χ0n) is 16.4. The highest BCUT2D eigenvalue weighted by Crippen LogP contribution is 2.32. The molecule has 0 radical (unpaired) electrons. The molecule has 1 atom stereocenters. The first-order chi connectivity index (χ1) is 12.5. The first-order valence-corrected chi connectivity index (χ1v) is 10.1. The van der Waals surface area contributed by atoms with Gasteiger partial charge in [-0.15, -0.1) is 0 Å². The van der Waals surface area contributed by atoms with E-state index in [0.717, 1.165) is 56.4 Å². The molecule has 1 N–H and O–H groups in total. The van der Waals surface area contributed by atoms with Crippen molar-refractivity contribution in [3.05, 3.63) is 29.3 Å². The predicted octanol–water partition coefficient (Wildman–Crippen LogP) is 4.31. The van der Waals surface area contributed by atoms with Gasteiger partial charge in [0.1, 0.15) is 0 Å². The first kappa shape index (κ1) is 18.9. The first-order valence-electron chi connectivity index (χ1n) is 10.1. The number of hydrogen-bond donors (Lipinski definition) is 1. The van der Waals surface area contributed by atoms with Crippen LogP contribution in [0.4, 0.5) is 5.69 Å². The van der Waals surface area contributed by atoms with Crippen LogP contribution >= 0.6 is 0 Å². The minimum absolute atomic E-state index is 0.0271. The second kappa shape index (κ2) is 8.24. The van der Waals surface area contributed by atoms with Gasteiger partial charge in [0.15, 0.2) is 0 Å². The van der Waals surface area contributed by atoms with Crippen LogP contribution < -0.4 is 5.32 Å². The highest BCUT2D eigenvalue weighted by Gasteiger charge is 2.33. The summed E-state index contributed by atoms with van der Waals surface area (Å²) in [5, 5.41) is 3.10. The SMILES string of the molecule is Cc1cccc(NC(=O)C2CCC(C(=O)N3CCCC(C)C3)CC2)c1C. The van der Waals surface area contributed by atoms with Gasteiger partial charge in [-0.2, -0.15) is 0 Å². The summed E-state index contributed by atoms with van der Waals surface area (Å²) in [5.74, 6) is 1.19. The van der Waals surface area contributed by atoms with E-state index in [-0.39, 0.29) is 17.7 Å². The third-order valence-corrected chi connectivity index (χ3v) is 6.28. The molecule has 1 saturated heterocycles. The molecule has 1 aliphatic carbocycles. The molecular weight excluding hydrogens is 324 g/mol. The van der Waals surface area contributed by atoms with Gasteiger partial charge in [-0.1, -0.05) is 19.1 Å². The van der Waals surface area contributed by atoms with Crippen molar-refractivity contribution >= 4 is 17.5 Å². The number of anilines is 1. The lowest BCUT2D eigenvalue weighted by molar-refractivity contribution is -0.139. The Bertz CT molecular complexity index is 662. The molecule has 0 spiro atoms. The fraction of sp³-hybridized carbons (Fsp3) is 0.636. The van der Waals surface area contributed by atoms with Gasteiger partial charge in [-0.05, 0) is 75.5 Å². The summed E-state index contributed by atoms with van der Waals surface area (Å²) in [7, 11) is 0. The summed E-state index contributed by atoms with van der Waals surface area (Å²) >= 11 is 0. The fourth-order valence-corrected chi connectivity index (χ4v) is 4.37. The Labute approximate surface area is 157 Å². The number of carbonyl (C=O) groups is 2. The number of nitrogens with one attached hydrogen (secondary N) is 1. The molecule has 2 amide bonds. The standard InChI is InChI=1S/C22H32N2O2/c1-15-6-5-13-24(14-15)22(26)19-11-9-18(10-12-19)21(25)23-20-8-4-7-16(2)17(20)3/h4,7-8,15,18-19H,5-6,9-14H2,1-3H3,(H,23,25). The van der Waals surface area contributed by atoms with Crippen molar-refractivity contribution in [1.29, 1.82) is 0 Å². The average Bonchev–Trinajstić information content (AvgIpc) is 2.65. The molecular formula is C22H32N2O2. The molecule has 4 heteroatoms. The van der Waals surface area contributed by atoms with Crippen LogP contribution in [0.5, 0.6) is 0 Å². The second-order valence-electron chi connectivity index (χ2n) is 8.32. The van der Waals surface area contributed by atoms with Crippen molar-refractivity contribution in [2.24, 2.45) is 17.8 Å². The minimum atomic E-state index is 0.0271. The van der Waals surface area contributed by atoms with Crippen LogP contribution in [0.1, 0.15) is 56.6 Å². The lowest BCUT2D eigenvalue weighted by Gasteiger charge is -2.35. The highest BCUT2D eigenvalue weighted by atomic mass is 16.2. The van der Waals surface area contributed by atoms with Crippen LogP contribution in [0.15, 0.2) is 18.2 Å². The van der Waals surface area contributed by atoms with E-state index in [1.165, 1.54) is 12.0 Å². The van der Waals surface area contributed by atoms with Gasteiger partial charge < -0.3 is 10.2 Å². The molecule has 1 unspecified atom stereocenters. The zero-order chi connectivity index (χ0) is 18.7. The molecule has 0 bridgehead atoms. The third-order valence-electron chi connectivity index (χ3n) is 6.28. The van der Waals surface area contributed by atoms with Crippen molar-refractivity contribution < 1.29 is 9.59 Å². The van der Waals surface area contributed by atoms with Crippen molar-refractivity contribution in [2.75, 3.05) is 18.4 Å². The molecule has 2 fully saturated rings. The smallest absolute Gasteiger partial charge is 0.227 e. The summed E-state index contributed by atoms with van der Waals surface area (Å²) in [4.78, 5) is 27.5. The monoisotopic (exact) mass is 356 g/mol. The quantitative estimate of drug-likeness (QED) is 0.877. The van der Waals surface area contributed by atoms with Crippen molar-refractivity contribution in [3.63, 3.8) is 0 Å². The van der Waals surface area contributed by atoms with Gasteiger partial charge in [0, 0.05) is 30.6 Å². The number of benzene rings is 1. The lowest BCUT2D eigenvalue weighted by Crippen LogP contribution is -2.43. The van der Waals surface area contributed by atoms with Gasteiger partial charge in [0.2, 0.25) is 11.8 Å². The Balaban J connectivity index is 1.52. The molecule has 26 heavy (non-hydrogen) atoms. The fourth-order valence-electron chi connectivity index (χ4n) is 4.37. The van der Waals surface area contributed by atoms with E-state index in [4.69, 9.17) is 0 Å². The molecule has 1 heterocycles. The highest BCUT2D eigenvalue weighted by molar-refractivity contribution is 5.93. The average molecular weight is 357 g/mol. The number of nitrogens with zero attached hydrogens (tertiary/aromatic N) is 1. The van der Waals surface area contributed by atoms with Crippen molar-refractivity contribution in [1.82, 2.24) is 4.90 Å². The number of rotatable bonds is 3. The van der Waals surface area contributed by atoms with E-state index in [9.17, 15) is 9.59 Å². The van der Waals surface area contributed by atoms with Crippen molar-refractivity contribution in [2.45, 2.75) is 59.3 Å².